The standard InChI is InChI=1S/C7H7NO3/c1-2-5-11-8-6(9)3-4-7(8)10/h1H,3-5H2. The predicted molar refractivity (Wildman–Crippen MR) is 35.9 cm³/mol. The Morgan fingerprint density at radius 2 is 2.00 bits per heavy atom. The van der Waals surface area contributed by atoms with Crippen molar-refractivity contribution in [3.8, 4) is 12.3 Å². The molecule has 4 heteroatoms. The molecule has 1 saturated heterocycles. The molecular formula is C7H7NO3. The van der Waals surface area contributed by atoms with Crippen LogP contribution in [0.4, 0.5) is 0 Å². The van der Waals surface area contributed by atoms with Gasteiger partial charge in [-0.25, -0.2) is 0 Å². The highest BCUT2D eigenvalue weighted by molar-refractivity contribution is 6.00. The summed E-state index contributed by atoms with van der Waals surface area (Å²) in [5.74, 6) is 1.54. The van der Waals surface area contributed by atoms with E-state index in [1.807, 2.05) is 0 Å². The minimum Gasteiger partial charge on any atom is -0.272 e. The maximum absolute atomic E-state index is 10.8. The Labute approximate surface area is 64.1 Å². The Kier molecular flexibility index (Phi) is 2.24. The molecule has 1 aliphatic heterocycles. The van der Waals surface area contributed by atoms with E-state index in [-0.39, 0.29) is 31.3 Å². The highest BCUT2D eigenvalue weighted by atomic mass is 16.7. The predicted octanol–water partition coefficient (Wildman–Crippen LogP) is -0.300. The van der Waals surface area contributed by atoms with Crippen molar-refractivity contribution >= 4 is 11.8 Å². The summed E-state index contributed by atoms with van der Waals surface area (Å²) >= 11 is 0. The van der Waals surface area contributed by atoms with Crippen LogP contribution in [0, 0.1) is 12.3 Å². The molecule has 0 N–H and O–H groups in total. The number of hydrogen-bond donors (Lipinski definition) is 0. The monoisotopic (exact) mass is 153 g/mol. The number of terminal acetylenes is 1. The minimum absolute atomic E-state index is 0.0442. The van der Waals surface area contributed by atoms with Crippen molar-refractivity contribution in [3.63, 3.8) is 0 Å². The lowest BCUT2D eigenvalue weighted by molar-refractivity contribution is -0.183. The molecule has 1 aliphatic rings. The zero-order valence-electron chi connectivity index (χ0n) is 5.87. The van der Waals surface area contributed by atoms with Crippen molar-refractivity contribution in [2.45, 2.75) is 12.8 Å². The normalized spacial score (nSPS) is 17.2. The van der Waals surface area contributed by atoms with E-state index in [4.69, 9.17) is 6.42 Å². The van der Waals surface area contributed by atoms with Crippen molar-refractivity contribution in [3.05, 3.63) is 0 Å². The molecule has 0 saturated carbocycles. The molecule has 0 unspecified atom stereocenters. The van der Waals surface area contributed by atoms with Crippen molar-refractivity contribution in [2.75, 3.05) is 6.61 Å². The average Bonchev–Trinajstić information content (AvgIpc) is 2.29. The average molecular weight is 153 g/mol. The van der Waals surface area contributed by atoms with Crippen LogP contribution in [-0.4, -0.2) is 23.5 Å². The molecule has 1 fully saturated rings. The smallest absolute Gasteiger partial charge is 0.254 e. The van der Waals surface area contributed by atoms with E-state index in [0.717, 1.165) is 5.06 Å². The summed E-state index contributed by atoms with van der Waals surface area (Å²) in [4.78, 5) is 26.3. The van der Waals surface area contributed by atoms with Crippen molar-refractivity contribution in [2.24, 2.45) is 0 Å². The van der Waals surface area contributed by atoms with Gasteiger partial charge in [0.2, 0.25) is 0 Å². The van der Waals surface area contributed by atoms with Crippen LogP contribution in [0.25, 0.3) is 0 Å². The number of amides is 2. The summed E-state index contributed by atoms with van der Waals surface area (Å²) in [6.45, 7) is -0.0442. The lowest BCUT2D eigenvalue weighted by atomic mass is 10.4. The molecular weight excluding hydrogens is 146 g/mol. The maximum Gasteiger partial charge on any atom is 0.254 e. The Bertz CT molecular complexity index is 212. The number of rotatable bonds is 2. The molecule has 0 atom stereocenters. The molecule has 58 valence electrons. The molecule has 0 aromatic rings. The molecule has 0 spiro atoms. The fraction of sp³-hybridized carbons (Fsp3) is 0.429. The third-order valence-electron chi connectivity index (χ3n) is 1.28. The molecule has 0 bridgehead atoms. The van der Waals surface area contributed by atoms with E-state index in [0.29, 0.717) is 0 Å². The van der Waals surface area contributed by atoms with E-state index < -0.39 is 0 Å². The number of hydroxylamine groups is 2. The third-order valence-corrected chi connectivity index (χ3v) is 1.28. The van der Waals surface area contributed by atoms with Gasteiger partial charge in [-0.1, -0.05) is 5.92 Å². The van der Waals surface area contributed by atoms with E-state index in [9.17, 15) is 9.59 Å². The van der Waals surface area contributed by atoms with Gasteiger partial charge in [-0.05, 0) is 0 Å². The van der Waals surface area contributed by atoms with Gasteiger partial charge in [-0.3, -0.25) is 14.4 Å². The fourth-order valence-electron chi connectivity index (χ4n) is 0.802. The van der Waals surface area contributed by atoms with Crippen molar-refractivity contribution in [1.29, 1.82) is 0 Å². The van der Waals surface area contributed by atoms with Crippen molar-refractivity contribution in [1.82, 2.24) is 5.06 Å². The summed E-state index contributed by atoms with van der Waals surface area (Å²) < 4.78 is 0. The van der Waals surface area contributed by atoms with Crippen LogP contribution in [-0.2, 0) is 14.4 Å². The van der Waals surface area contributed by atoms with Gasteiger partial charge in [0.25, 0.3) is 11.8 Å². The number of nitrogens with zero attached hydrogens (tertiary/aromatic N) is 1. The molecule has 0 aromatic carbocycles. The maximum atomic E-state index is 10.8. The lowest BCUT2D eigenvalue weighted by Gasteiger charge is -2.09. The third kappa shape index (κ3) is 1.57. The molecule has 0 radical (unpaired) electrons. The van der Waals surface area contributed by atoms with Crippen LogP contribution < -0.4 is 0 Å². The first kappa shape index (κ1) is 7.76. The van der Waals surface area contributed by atoms with Crippen LogP contribution in [0.5, 0.6) is 0 Å². The zero-order valence-corrected chi connectivity index (χ0v) is 5.87. The number of carbonyl (C=O) groups is 2. The van der Waals surface area contributed by atoms with Crippen LogP contribution >= 0.6 is 0 Å². The van der Waals surface area contributed by atoms with Crippen LogP contribution in [0.15, 0.2) is 0 Å². The number of hydrogen-bond acceptors (Lipinski definition) is 3. The van der Waals surface area contributed by atoms with Gasteiger partial charge in [-0.15, -0.1) is 6.42 Å². The van der Waals surface area contributed by atoms with Gasteiger partial charge in [0.15, 0.2) is 0 Å². The zero-order chi connectivity index (χ0) is 8.27. The first-order valence-electron chi connectivity index (χ1n) is 3.18. The van der Waals surface area contributed by atoms with Gasteiger partial charge < -0.3 is 0 Å². The van der Waals surface area contributed by atoms with Gasteiger partial charge >= 0.3 is 0 Å². The number of imide groups is 1. The second kappa shape index (κ2) is 3.17. The second-order valence-electron chi connectivity index (χ2n) is 2.06. The summed E-state index contributed by atoms with van der Waals surface area (Å²) in [5, 5.41) is 0.736. The first-order chi connectivity index (χ1) is 5.25. The van der Waals surface area contributed by atoms with Gasteiger partial charge in [0.1, 0.15) is 6.61 Å². The molecule has 1 rings (SSSR count). The summed E-state index contributed by atoms with van der Waals surface area (Å²) in [6.07, 6.45) is 5.32. The first-order valence-corrected chi connectivity index (χ1v) is 3.18. The summed E-state index contributed by atoms with van der Waals surface area (Å²) in [7, 11) is 0. The SMILES string of the molecule is C#CCON1C(=O)CCC1=O. The molecule has 0 aliphatic carbocycles. The topological polar surface area (TPSA) is 46.6 Å². The molecule has 1 heterocycles. The molecule has 4 nitrogen and oxygen atoms in total. The van der Waals surface area contributed by atoms with Gasteiger partial charge in [-0.2, -0.15) is 5.06 Å². The van der Waals surface area contributed by atoms with E-state index >= 15 is 0 Å². The Balaban J connectivity index is 2.49. The fourth-order valence-corrected chi connectivity index (χ4v) is 0.802. The van der Waals surface area contributed by atoms with Crippen LogP contribution in [0.2, 0.25) is 0 Å². The van der Waals surface area contributed by atoms with E-state index in [2.05, 4.69) is 10.8 Å². The Morgan fingerprint density at radius 3 is 2.45 bits per heavy atom. The Hall–Kier alpha value is -1.34. The van der Waals surface area contributed by atoms with Gasteiger partial charge in [0, 0.05) is 12.8 Å². The minimum atomic E-state index is -0.315. The van der Waals surface area contributed by atoms with E-state index in [1.165, 1.54) is 0 Å². The van der Waals surface area contributed by atoms with Crippen LogP contribution in [0.1, 0.15) is 12.8 Å². The van der Waals surface area contributed by atoms with E-state index in [1.54, 1.807) is 0 Å². The van der Waals surface area contributed by atoms with Crippen LogP contribution in [0.3, 0.4) is 0 Å². The molecule has 11 heavy (non-hydrogen) atoms. The summed E-state index contributed by atoms with van der Waals surface area (Å²) in [6, 6.07) is 0. The summed E-state index contributed by atoms with van der Waals surface area (Å²) in [5.41, 5.74) is 0. The molecule has 0 aromatic heterocycles. The largest absolute Gasteiger partial charge is 0.272 e. The second-order valence-corrected chi connectivity index (χ2v) is 2.06. The van der Waals surface area contributed by atoms with Gasteiger partial charge in [0.05, 0.1) is 0 Å². The quantitative estimate of drug-likeness (QED) is 0.404. The lowest BCUT2D eigenvalue weighted by Crippen LogP contribution is -2.29. The highest BCUT2D eigenvalue weighted by Crippen LogP contribution is 2.11. The highest BCUT2D eigenvalue weighted by Gasteiger charge is 2.29. The molecule has 2 amide bonds. The van der Waals surface area contributed by atoms with Crippen molar-refractivity contribution < 1.29 is 14.4 Å². The Morgan fingerprint density at radius 1 is 1.45 bits per heavy atom. The number of carbonyl (C=O) groups excluding carboxylic acids is 2.